The molecule has 0 aliphatic rings. The number of ether oxygens (including phenoxy) is 1. The number of rotatable bonds is 9. The number of carbonyl (C=O) groups excluding carboxylic acids is 2. The first-order valence-electron chi connectivity index (χ1n) is 21.1. The summed E-state index contributed by atoms with van der Waals surface area (Å²) in [6.07, 6.45) is 0. The van der Waals surface area contributed by atoms with E-state index >= 15 is 0 Å². The maximum atomic E-state index is 12.8. The van der Waals surface area contributed by atoms with E-state index in [1.807, 2.05) is 146 Å². The van der Waals surface area contributed by atoms with Crippen LogP contribution in [0.4, 0.5) is 11.6 Å². The zero-order chi connectivity index (χ0) is 46.6. The molecule has 7 aromatic rings. The Morgan fingerprint density at radius 3 is 1.42 bits per heavy atom. The number of nitrogens with one attached hydrogen (secondary N) is 6. The van der Waals surface area contributed by atoms with Gasteiger partial charge in [-0.15, -0.1) is 0 Å². The Balaban J connectivity index is 0.000000221. The maximum Gasteiger partial charge on any atom is 0.257 e. The minimum absolute atomic E-state index is 0.199. The van der Waals surface area contributed by atoms with Crippen molar-refractivity contribution < 1.29 is 19.4 Å². The second-order valence-electron chi connectivity index (χ2n) is 17.3. The number of phenols is 1. The van der Waals surface area contributed by atoms with Gasteiger partial charge in [-0.1, -0.05) is 65.7 Å². The summed E-state index contributed by atoms with van der Waals surface area (Å²) in [6, 6.07) is 43.1. The Labute approximate surface area is 379 Å². The molecule has 0 aliphatic heterocycles. The molecule has 5 aromatic carbocycles. The third-order valence-corrected chi connectivity index (χ3v) is 9.23. The Morgan fingerprint density at radius 2 is 1.00 bits per heavy atom. The highest BCUT2D eigenvalue weighted by Crippen LogP contribution is 2.25. The molecule has 2 aromatic heterocycles. The summed E-state index contributed by atoms with van der Waals surface area (Å²) in [6.45, 7) is 16.2. The van der Waals surface area contributed by atoms with Crippen LogP contribution in [0.3, 0.4) is 0 Å². The number of aryl methyl sites for hydroxylation is 2. The molecular weight excluding hydrogens is 817 g/mol. The Morgan fingerprint density at radius 1 is 0.585 bits per heavy atom. The monoisotopic (exact) mass is 872 g/mol. The molecule has 0 spiro atoms. The van der Waals surface area contributed by atoms with Crippen molar-refractivity contribution in [3.05, 3.63) is 167 Å². The normalized spacial score (nSPS) is 11.8. The lowest BCUT2D eigenvalue weighted by Gasteiger charge is -2.17. The number of hydrogen-bond donors (Lipinski definition) is 7. The fourth-order valence-corrected chi connectivity index (χ4v) is 6.04. The van der Waals surface area contributed by atoms with Gasteiger partial charge in [0.05, 0.1) is 22.5 Å². The van der Waals surface area contributed by atoms with Crippen LogP contribution in [0.2, 0.25) is 0 Å². The van der Waals surface area contributed by atoms with E-state index in [4.69, 9.17) is 4.74 Å². The fraction of sp³-hybridized carbons (Fsp3) is 0.216. The van der Waals surface area contributed by atoms with Crippen LogP contribution in [0.5, 0.6) is 11.5 Å². The number of amides is 2. The second kappa shape index (κ2) is 20.9. The first-order valence-corrected chi connectivity index (χ1v) is 21.1. The molecule has 0 atom stereocenters. The highest BCUT2D eigenvalue weighted by molar-refractivity contribution is 6.10. The number of hydrogen-bond acceptors (Lipinski definition) is 8. The number of benzene rings is 5. The number of guanidine groups is 2. The van der Waals surface area contributed by atoms with Crippen LogP contribution in [0.1, 0.15) is 78.9 Å². The number of anilines is 2. The molecule has 2 heterocycles. The van der Waals surface area contributed by atoms with Crippen LogP contribution < -0.4 is 26.0 Å². The van der Waals surface area contributed by atoms with Crippen molar-refractivity contribution in [2.45, 2.75) is 73.1 Å². The maximum absolute atomic E-state index is 12.8. The van der Waals surface area contributed by atoms with Crippen molar-refractivity contribution in [1.29, 1.82) is 0 Å². The van der Waals surface area contributed by atoms with E-state index in [1.54, 1.807) is 48.5 Å². The average molecular weight is 873 g/mol. The van der Waals surface area contributed by atoms with E-state index in [0.29, 0.717) is 41.3 Å². The number of H-pyrrole nitrogens is 2. The number of aromatic hydroxyl groups is 1. The van der Waals surface area contributed by atoms with Crippen LogP contribution >= 0.6 is 0 Å². The lowest BCUT2D eigenvalue weighted by Crippen LogP contribution is -2.38. The molecule has 0 bridgehead atoms. The largest absolute Gasteiger partial charge is 0.508 e. The van der Waals surface area contributed by atoms with E-state index in [9.17, 15) is 14.7 Å². The second-order valence-corrected chi connectivity index (χ2v) is 17.3. The molecule has 0 saturated carbocycles. The molecule has 334 valence electrons. The number of aromatic amines is 2. The van der Waals surface area contributed by atoms with Crippen LogP contribution in [0.25, 0.3) is 22.5 Å². The summed E-state index contributed by atoms with van der Waals surface area (Å²) >= 11 is 0. The molecule has 0 unspecified atom stereocenters. The molecule has 0 aliphatic carbocycles. The summed E-state index contributed by atoms with van der Waals surface area (Å²) < 4.78 is 5.87. The molecule has 0 radical (unpaired) electrons. The number of aromatic nitrogens is 4. The van der Waals surface area contributed by atoms with Gasteiger partial charge in [-0.3, -0.25) is 30.4 Å². The quantitative estimate of drug-likeness (QED) is 0.0550. The number of nitrogens with zero attached hydrogens (tertiary/aromatic N) is 4. The Kier molecular flexibility index (Phi) is 15.0. The zero-order valence-corrected chi connectivity index (χ0v) is 37.9. The lowest BCUT2D eigenvalue weighted by molar-refractivity contribution is 0.0968. The molecule has 2 amide bonds. The van der Waals surface area contributed by atoms with Gasteiger partial charge in [0, 0.05) is 23.3 Å². The number of aliphatic imine (C=N–C) groups is 2. The highest BCUT2D eigenvalue weighted by Gasteiger charge is 2.17. The molecule has 7 N–H and O–H groups in total. The van der Waals surface area contributed by atoms with Gasteiger partial charge in [-0.05, 0) is 145 Å². The van der Waals surface area contributed by atoms with Gasteiger partial charge in [0.1, 0.15) is 18.1 Å². The molecule has 0 fully saturated rings. The first-order chi connectivity index (χ1) is 30.9. The SMILES string of the molecule is Cc1ccc(C(=O)NC(=NC(C)(C)C)Nc2cc(-c3ccc(O)cc3)[nH]n2)cc1.Cc1ccc(C(=O)NC(=NC(C)(C)C)Nc2cc(-c3ccc(OCc4ccccc4)cc3)[nH]n2)cc1. The van der Waals surface area contributed by atoms with Crippen molar-refractivity contribution >= 4 is 35.4 Å². The number of carbonyl (C=O) groups is 2. The molecule has 14 heteroatoms. The van der Waals surface area contributed by atoms with Gasteiger partial charge in [0.15, 0.2) is 11.6 Å². The van der Waals surface area contributed by atoms with Crippen molar-refractivity contribution in [3.63, 3.8) is 0 Å². The van der Waals surface area contributed by atoms with E-state index in [1.165, 1.54) is 0 Å². The fourth-order valence-electron chi connectivity index (χ4n) is 6.04. The minimum atomic E-state index is -0.405. The highest BCUT2D eigenvalue weighted by atomic mass is 16.5. The summed E-state index contributed by atoms with van der Waals surface area (Å²) in [5, 5.41) is 35.9. The van der Waals surface area contributed by atoms with Crippen LogP contribution in [0.15, 0.2) is 150 Å². The summed E-state index contributed by atoms with van der Waals surface area (Å²) in [4.78, 5) is 34.6. The van der Waals surface area contributed by atoms with Gasteiger partial charge in [0.2, 0.25) is 11.9 Å². The van der Waals surface area contributed by atoms with Crippen molar-refractivity contribution in [1.82, 2.24) is 31.0 Å². The van der Waals surface area contributed by atoms with E-state index in [-0.39, 0.29) is 17.6 Å². The molecule has 14 nitrogen and oxygen atoms in total. The van der Waals surface area contributed by atoms with Crippen LogP contribution in [-0.2, 0) is 6.61 Å². The van der Waals surface area contributed by atoms with E-state index < -0.39 is 11.1 Å². The van der Waals surface area contributed by atoms with Gasteiger partial charge in [0.25, 0.3) is 11.8 Å². The van der Waals surface area contributed by atoms with Crippen molar-refractivity contribution in [2.75, 3.05) is 10.6 Å². The molecule has 0 saturated heterocycles. The van der Waals surface area contributed by atoms with Gasteiger partial charge >= 0.3 is 0 Å². The number of phenolic OH excluding ortho intramolecular Hbond substituents is 1. The Hall–Kier alpha value is -8.00. The first kappa shape index (κ1) is 46.5. The zero-order valence-electron chi connectivity index (χ0n) is 37.9. The minimum Gasteiger partial charge on any atom is -0.508 e. The third-order valence-electron chi connectivity index (χ3n) is 9.23. The van der Waals surface area contributed by atoms with Crippen LogP contribution in [-0.4, -0.2) is 60.3 Å². The molecular formula is C51H56N10O4. The lowest BCUT2D eigenvalue weighted by atomic mass is 10.1. The van der Waals surface area contributed by atoms with Gasteiger partial charge in [-0.2, -0.15) is 10.2 Å². The predicted molar refractivity (Wildman–Crippen MR) is 259 cm³/mol. The third kappa shape index (κ3) is 14.8. The molecule has 65 heavy (non-hydrogen) atoms. The summed E-state index contributed by atoms with van der Waals surface area (Å²) in [5.74, 6) is 2.19. The summed E-state index contributed by atoms with van der Waals surface area (Å²) in [7, 11) is 0. The van der Waals surface area contributed by atoms with Gasteiger partial charge in [-0.25, -0.2) is 9.98 Å². The average Bonchev–Trinajstić information content (AvgIpc) is 3.93. The Bertz CT molecular complexity index is 2710. The van der Waals surface area contributed by atoms with E-state index in [2.05, 4.69) is 51.6 Å². The standard InChI is InChI=1S/C29H31N5O2.C22H25N5O2/c1-20-10-12-23(13-11-20)27(35)31-28(32-29(2,3)4)30-26-18-25(33-34-26)22-14-16-24(17-15-22)36-19-21-8-6-5-7-9-21;1-14-5-7-16(8-6-14)20(29)24-21(25-22(2,3)4)23-19-13-18(26-27-19)15-9-11-17(28)12-10-15/h5-18H,19H2,1-4H3,(H3,30,31,32,33,34,35);5-13,28H,1-4H3,(H3,23,24,25,26,27,29). The topological polar surface area (TPSA) is 194 Å². The van der Waals surface area contributed by atoms with Crippen LogP contribution in [0, 0.1) is 13.8 Å². The van der Waals surface area contributed by atoms with Gasteiger partial charge < -0.3 is 20.5 Å². The van der Waals surface area contributed by atoms with E-state index in [0.717, 1.165) is 45.0 Å². The smallest absolute Gasteiger partial charge is 0.257 e. The van der Waals surface area contributed by atoms with Crippen molar-refractivity contribution in [2.24, 2.45) is 9.98 Å². The summed E-state index contributed by atoms with van der Waals surface area (Å²) in [5.41, 5.74) is 7.02. The predicted octanol–water partition coefficient (Wildman–Crippen LogP) is 10.0. The van der Waals surface area contributed by atoms with Crippen molar-refractivity contribution in [3.8, 4) is 34.0 Å². The molecule has 7 rings (SSSR count).